The molecule has 0 aliphatic carbocycles. The number of benzene rings is 3. The van der Waals surface area contributed by atoms with Gasteiger partial charge in [0, 0.05) is 35.3 Å². The zero-order valence-electron chi connectivity index (χ0n) is 19.0. The molecule has 0 fully saturated rings. The van der Waals surface area contributed by atoms with E-state index in [2.05, 4.69) is 5.32 Å². The molecule has 0 aliphatic heterocycles. The molecule has 3 rings (SSSR count). The molecular weight excluding hydrogens is 487 g/mol. The normalized spacial score (nSPS) is 11.6. The fourth-order valence-corrected chi connectivity index (χ4v) is 4.80. The molecule has 3 aromatic carbocycles. The zero-order chi connectivity index (χ0) is 24.3. The Labute approximate surface area is 215 Å². The van der Waals surface area contributed by atoms with Crippen molar-refractivity contribution < 1.29 is 9.59 Å². The Kier molecular flexibility index (Phi) is 10.3. The average Bonchev–Trinajstić information content (AvgIpc) is 2.83. The maximum atomic E-state index is 13.5. The highest BCUT2D eigenvalue weighted by molar-refractivity contribution is 7.99. The number of nitrogens with zero attached hydrogens (tertiary/aromatic N) is 1. The summed E-state index contributed by atoms with van der Waals surface area (Å²) in [7, 11) is 0. The van der Waals surface area contributed by atoms with Gasteiger partial charge in [0.25, 0.3) is 0 Å². The van der Waals surface area contributed by atoms with E-state index in [1.165, 1.54) is 11.8 Å². The molecule has 34 heavy (non-hydrogen) atoms. The molecule has 0 aliphatic rings. The Morgan fingerprint density at radius 2 is 1.59 bits per heavy atom. The number of likely N-dealkylation sites (N-methyl/N-ethyl adjacent to an activating group) is 1. The van der Waals surface area contributed by atoms with Crippen molar-refractivity contribution in [2.75, 3.05) is 12.3 Å². The van der Waals surface area contributed by atoms with Crippen LogP contribution in [0.25, 0.3) is 0 Å². The van der Waals surface area contributed by atoms with Gasteiger partial charge in [-0.25, -0.2) is 0 Å². The molecular formula is C27H28Cl2N2O2S. The summed E-state index contributed by atoms with van der Waals surface area (Å²) < 4.78 is 0. The first kappa shape index (κ1) is 26.1. The summed E-state index contributed by atoms with van der Waals surface area (Å²) in [6.07, 6.45) is 0.435. The van der Waals surface area contributed by atoms with E-state index in [9.17, 15) is 9.59 Å². The summed E-state index contributed by atoms with van der Waals surface area (Å²) in [5.41, 5.74) is 2.97. The Hall–Kier alpha value is -2.47. The molecule has 7 heteroatoms. The fraction of sp³-hybridized carbons (Fsp3) is 0.259. The van der Waals surface area contributed by atoms with Gasteiger partial charge in [-0.15, -0.1) is 11.8 Å². The predicted molar refractivity (Wildman–Crippen MR) is 142 cm³/mol. The second-order valence-electron chi connectivity index (χ2n) is 7.87. The van der Waals surface area contributed by atoms with Crippen molar-refractivity contribution in [1.29, 1.82) is 0 Å². The first-order chi connectivity index (χ1) is 16.5. The lowest BCUT2D eigenvalue weighted by Gasteiger charge is -2.31. The van der Waals surface area contributed by atoms with Crippen LogP contribution < -0.4 is 5.32 Å². The van der Waals surface area contributed by atoms with Crippen molar-refractivity contribution in [2.24, 2.45) is 0 Å². The largest absolute Gasteiger partial charge is 0.355 e. The van der Waals surface area contributed by atoms with Gasteiger partial charge in [0.05, 0.1) is 5.75 Å². The van der Waals surface area contributed by atoms with Crippen molar-refractivity contribution in [2.45, 2.75) is 31.7 Å². The summed E-state index contributed by atoms with van der Waals surface area (Å²) in [4.78, 5) is 28.3. The van der Waals surface area contributed by atoms with E-state index in [0.717, 1.165) is 16.7 Å². The molecule has 0 heterocycles. The molecule has 0 saturated heterocycles. The number of thioether (sulfide) groups is 1. The van der Waals surface area contributed by atoms with E-state index < -0.39 is 6.04 Å². The second kappa shape index (κ2) is 13.4. The average molecular weight is 516 g/mol. The van der Waals surface area contributed by atoms with Crippen LogP contribution >= 0.6 is 35.0 Å². The van der Waals surface area contributed by atoms with Gasteiger partial charge < -0.3 is 10.2 Å². The zero-order valence-corrected chi connectivity index (χ0v) is 21.4. The number of halogens is 2. The Balaban J connectivity index is 1.81. The highest BCUT2D eigenvalue weighted by Crippen LogP contribution is 2.20. The van der Waals surface area contributed by atoms with Crippen LogP contribution in [-0.4, -0.2) is 35.1 Å². The summed E-state index contributed by atoms with van der Waals surface area (Å²) in [6.45, 7) is 2.70. The van der Waals surface area contributed by atoms with Gasteiger partial charge in [0.15, 0.2) is 0 Å². The molecule has 2 amide bonds. The smallest absolute Gasteiger partial charge is 0.243 e. The predicted octanol–water partition coefficient (Wildman–Crippen LogP) is 6.00. The van der Waals surface area contributed by atoms with Crippen molar-refractivity contribution in [3.8, 4) is 0 Å². The van der Waals surface area contributed by atoms with E-state index in [0.29, 0.717) is 35.3 Å². The minimum absolute atomic E-state index is 0.0887. The van der Waals surface area contributed by atoms with Crippen LogP contribution in [0.2, 0.25) is 10.0 Å². The molecule has 0 aromatic heterocycles. The summed E-state index contributed by atoms with van der Waals surface area (Å²) in [6, 6.07) is 24.1. The summed E-state index contributed by atoms with van der Waals surface area (Å²) >= 11 is 13.6. The molecule has 178 valence electrons. The standard InChI is InChI=1S/C27H28Cl2N2O2S/c1-2-30-27(33)25(16-20-7-4-3-5-8-20)31(17-21-11-13-23(28)14-12-21)26(32)19-34-18-22-9-6-10-24(29)15-22/h3-15,25H,2,16-19H2,1H3,(H,30,33)/t25-/m0/s1. The van der Waals surface area contributed by atoms with Gasteiger partial charge in [-0.2, -0.15) is 0 Å². The third-order valence-corrected chi connectivity index (χ3v) is 6.75. The quantitative estimate of drug-likeness (QED) is 0.341. The van der Waals surface area contributed by atoms with Crippen molar-refractivity contribution in [3.63, 3.8) is 0 Å². The number of amides is 2. The Bertz CT molecular complexity index is 1080. The van der Waals surface area contributed by atoms with E-state index in [1.54, 1.807) is 17.0 Å². The lowest BCUT2D eigenvalue weighted by Crippen LogP contribution is -2.51. The van der Waals surface area contributed by atoms with Gasteiger partial charge in [-0.3, -0.25) is 9.59 Å². The molecule has 0 spiro atoms. The van der Waals surface area contributed by atoms with E-state index in [4.69, 9.17) is 23.2 Å². The number of hydrogen-bond acceptors (Lipinski definition) is 3. The van der Waals surface area contributed by atoms with Gasteiger partial charge in [-0.05, 0) is 47.9 Å². The minimum Gasteiger partial charge on any atom is -0.355 e. The third kappa shape index (κ3) is 8.08. The van der Waals surface area contributed by atoms with E-state index >= 15 is 0 Å². The van der Waals surface area contributed by atoms with Crippen molar-refractivity contribution in [1.82, 2.24) is 10.2 Å². The topological polar surface area (TPSA) is 49.4 Å². The van der Waals surface area contributed by atoms with Crippen molar-refractivity contribution in [3.05, 3.63) is 106 Å². The molecule has 0 radical (unpaired) electrons. The molecule has 0 saturated carbocycles. The number of carbonyl (C=O) groups excluding carboxylic acids is 2. The molecule has 0 bridgehead atoms. The van der Waals surface area contributed by atoms with Crippen LogP contribution in [0.1, 0.15) is 23.6 Å². The highest BCUT2D eigenvalue weighted by atomic mass is 35.5. The minimum atomic E-state index is -0.628. The number of carbonyl (C=O) groups is 2. The molecule has 3 aromatic rings. The molecule has 4 nitrogen and oxygen atoms in total. The maximum Gasteiger partial charge on any atom is 0.243 e. The van der Waals surface area contributed by atoms with Gasteiger partial charge >= 0.3 is 0 Å². The maximum absolute atomic E-state index is 13.5. The fourth-order valence-electron chi connectivity index (χ4n) is 3.60. The summed E-state index contributed by atoms with van der Waals surface area (Å²) in [5, 5.41) is 4.21. The lowest BCUT2D eigenvalue weighted by molar-refractivity contribution is -0.139. The van der Waals surface area contributed by atoms with Crippen LogP contribution in [0.3, 0.4) is 0 Å². The van der Waals surface area contributed by atoms with Crippen LogP contribution in [-0.2, 0) is 28.3 Å². The van der Waals surface area contributed by atoms with E-state index in [1.807, 2.05) is 73.7 Å². The molecule has 0 unspecified atom stereocenters. The second-order valence-corrected chi connectivity index (χ2v) is 9.73. The van der Waals surface area contributed by atoms with Gasteiger partial charge in [-0.1, -0.05) is 77.8 Å². The van der Waals surface area contributed by atoms with Crippen LogP contribution in [0.15, 0.2) is 78.9 Å². The van der Waals surface area contributed by atoms with Crippen LogP contribution in [0, 0.1) is 0 Å². The van der Waals surface area contributed by atoms with Crippen LogP contribution in [0.4, 0.5) is 0 Å². The first-order valence-electron chi connectivity index (χ1n) is 11.1. The first-order valence-corrected chi connectivity index (χ1v) is 13.0. The van der Waals surface area contributed by atoms with Crippen LogP contribution in [0.5, 0.6) is 0 Å². The number of hydrogen-bond donors (Lipinski definition) is 1. The molecule has 1 N–H and O–H groups in total. The van der Waals surface area contributed by atoms with Gasteiger partial charge in [0.1, 0.15) is 6.04 Å². The Morgan fingerprint density at radius 3 is 2.26 bits per heavy atom. The van der Waals surface area contributed by atoms with E-state index in [-0.39, 0.29) is 17.6 Å². The monoisotopic (exact) mass is 514 g/mol. The lowest BCUT2D eigenvalue weighted by atomic mass is 10.0. The molecule has 1 atom stereocenters. The number of nitrogens with one attached hydrogen (secondary N) is 1. The summed E-state index contributed by atoms with van der Waals surface area (Å²) in [5.74, 6) is 0.666. The SMILES string of the molecule is CCNC(=O)[C@H](Cc1ccccc1)N(Cc1ccc(Cl)cc1)C(=O)CSCc1cccc(Cl)c1. The van der Waals surface area contributed by atoms with Crippen molar-refractivity contribution >= 4 is 46.8 Å². The van der Waals surface area contributed by atoms with Gasteiger partial charge in [0.2, 0.25) is 11.8 Å². The third-order valence-electron chi connectivity index (χ3n) is 5.27. The number of rotatable bonds is 11. The Morgan fingerprint density at radius 1 is 0.882 bits per heavy atom. The highest BCUT2D eigenvalue weighted by Gasteiger charge is 2.30.